The van der Waals surface area contributed by atoms with Gasteiger partial charge in [-0.15, -0.1) is 11.3 Å². The Kier molecular flexibility index (Phi) is 3.77. The van der Waals surface area contributed by atoms with E-state index in [4.69, 9.17) is 4.98 Å². The number of hydrogen-bond acceptors (Lipinski definition) is 5. The second-order valence-corrected chi connectivity index (χ2v) is 6.21. The molecular formula is C14H13N3S2. The molecule has 0 fully saturated rings. The van der Waals surface area contributed by atoms with Crippen LogP contribution in [0, 0.1) is 0 Å². The van der Waals surface area contributed by atoms with E-state index >= 15 is 0 Å². The maximum atomic E-state index is 4.76. The van der Waals surface area contributed by atoms with Gasteiger partial charge in [0.2, 0.25) is 0 Å². The molecule has 0 unspecified atom stereocenters. The van der Waals surface area contributed by atoms with Crippen LogP contribution in [-0.2, 0) is 6.54 Å². The molecule has 0 aliphatic carbocycles. The number of fused-ring (bicyclic) bond motifs is 1. The molecule has 2 heterocycles. The van der Waals surface area contributed by atoms with Gasteiger partial charge in [-0.1, -0.05) is 18.2 Å². The summed E-state index contributed by atoms with van der Waals surface area (Å²) in [6.45, 7) is 0.811. The highest BCUT2D eigenvalue weighted by Gasteiger charge is 2.09. The number of rotatable bonds is 4. The molecule has 0 saturated carbocycles. The highest BCUT2D eigenvalue weighted by Crippen LogP contribution is 2.32. The van der Waals surface area contributed by atoms with Gasteiger partial charge in [0.1, 0.15) is 5.03 Å². The smallest absolute Gasteiger partial charge is 0.156 e. The second-order valence-electron chi connectivity index (χ2n) is 4.08. The minimum Gasteiger partial charge on any atom is -0.316 e. The fourth-order valence-corrected chi connectivity index (χ4v) is 3.53. The lowest BCUT2D eigenvalue weighted by Gasteiger charge is -2.08. The molecule has 3 aromatic rings. The molecule has 0 aliphatic rings. The molecule has 0 bridgehead atoms. The highest BCUT2D eigenvalue weighted by molar-refractivity contribution is 8.01. The summed E-state index contributed by atoms with van der Waals surface area (Å²) in [6, 6.07) is 10.4. The van der Waals surface area contributed by atoms with E-state index < -0.39 is 0 Å². The molecule has 3 nitrogen and oxygen atoms in total. The average Bonchev–Trinajstić information content (AvgIpc) is 2.93. The summed E-state index contributed by atoms with van der Waals surface area (Å²) in [4.78, 5) is 9.07. The summed E-state index contributed by atoms with van der Waals surface area (Å²) in [5.74, 6) is 0. The van der Waals surface area contributed by atoms with Crippen molar-refractivity contribution in [3.05, 3.63) is 47.5 Å². The molecule has 0 amide bonds. The molecule has 1 aromatic carbocycles. The summed E-state index contributed by atoms with van der Waals surface area (Å²) >= 11 is 3.27. The Bertz CT molecular complexity index is 680. The van der Waals surface area contributed by atoms with Crippen molar-refractivity contribution in [1.82, 2.24) is 15.3 Å². The Morgan fingerprint density at radius 3 is 3.00 bits per heavy atom. The van der Waals surface area contributed by atoms with Crippen LogP contribution >= 0.6 is 23.1 Å². The predicted molar refractivity (Wildman–Crippen MR) is 80.7 cm³/mol. The number of nitrogens with one attached hydrogen (secondary N) is 1. The summed E-state index contributed by atoms with van der Waals surface area (Å²) < 4.78 is 1.03. The Morgan fingerprint density at radius 1 is 1.32 bits per heavy atom. The van der Waals surface area contributed by atoms with Gasteiger partial charge in [-0.3, -0.25) is 0 Å². The molecule has 0 atom stereocenters. The minimum absolute atomic E-state index is 0.811. The van der Waals surface area contributed by atoms with Crippen molar-refractivity contribution < 1.29 is 0 Å². The number of benzene rings is 1. The quantitative estimate of drug-likeness (QED) is 0.796. The Balaban J connectivity index is 2.06. The van der Waals surface area contributed by atoms with E-state index in [1.807, 2.05) is 36.8 Å². The zero-order valence-electron chi connectivity index (χ0n) is 10.5. The first-order chi connectivity index (χ1) is 9.36. The number of thiazole rings is 1. The fourth-order valence-electron chi connectivity index (χ4n) is 1.89. The molecule has 1 N–H and O–H groups in total. The molecule has 3 rings (SSSR count). The van der Waals surface area contributed by atoms with E-state index in [0.29, 0.717) is 0 Å². The van der Waals surface area contributed by atoms with Crippen molar-refractivity contribution in [2.75, 3.05) is 7.05 Å². The monoisotopic (exact) mass is 287 g/mol. The standard InChI is InChI=1S/C14H13N3S2/c1-15-9-11-8-10-4-2-3-5-12(10)17-13(11)19-14-16-6-7-18-14/h2-8,15H,9H2,1H3. The van der Waals surface area contributed by atoms with Crippen molar-refractivity contribution in [1.29, 1.82) is 0 Å². The molecule has 0 spiro atoms. The maximum Gasteiger partial charge on any atom is 0.156 e. The zero-order chi connectivity index (χ0) is 13.1. The van der Waals surface area contributed by atoms with Gasteiger partial charge in [0.25, 0.3) is 0 Å². The third kappa shape index (κ3) is 2.78. The van der Waals surface area contributed by atoms with Gasteiger partial charge in [0.05, 0.1) is 5.52 Å². The first-order valence-corrected chi connectivity index (χ1v) is 7.67. The summed E-state index contributed by atoms with van der Waals surface area (Å²) in [5.41, 5.74) is 2.24. The summed E-state index contributed by atoms with van der Waals surface area (Å²) in [6.07, 6.45) is 1.83. The topological polar surface area (TPSA) is 37.8 Å². The van der Waals surface area contributed by atoms with Gasteiger partial charge in [0.15, 0.2) is 4.34 Å². The Morgan fingerprint density at radius 2 is 2.21 bits per heavy atom. The van der Waals surface area contributed by atoms with Gasteiger partial charge in [0, 0.05) is 23.5 Å². The van der Waals surface area contributed by atoms with Crippen LogP contribution in [0.4, 0.5) is 0 Å². The maximum absolute atomic E-state index is 4.76. The third-order valence-electron chi connectivity index (χ3n) is 2.72. The number of pyridine rings is 1. The van der Waals surface area contributed by atoms with Crippen molar-refractivity contribution in [2.45, 2.75) is 15.9 Å². The molecule has 5 heteroatoms. The number of hydrogen-bond donors (Lipinski definition) is 1. The van der Waals surface area contributed by atoms with E-state index in [1.165, 1.54) is 10.9 Å². The number of para-hydroxylation sites is 1. The van der Waals surface area contributed by atoms with Crippen LogP contribution in [0.25, 0.3) is 10.9 Å². The van der Waals surface area contributed by atoms with Crippen molar-refractivity contribution in [2.24, 2.45) is 0 Å². The lowest BCUT2D eigenvalue weighted by molar-refractivity contribution is 0.794. The molecule has 0 aliphatic heterocycles. The zero-order valence-corrected chi connectivity index (χ0v) is 12.1. The van der Waals surface area contributed by atoms with Crippen LogP contribution in [0.3, 0.4) is 0 Å². The van der Waals surface area contributed by atoms with Crippen LogP contribution in [0.5, 0.6) is 0 Å². The Labute approximate surface area is 120 Å². The largest absolute Gasteiger partial charge is 0.316 e. The number of nitrogens with zero attached hydrogens (tertiary/aromatic N) is 2. The van der Waals surface area contributed by atoms with Gasteiger partial charge >= 0.3 is 0 Å². The molecule has 0 saturated heterocycles. The van der Waals surface area contributed by atoms with Crippen LogP contribution < -0.4 is 5.32 Å². The van der Waals surface area contributed by atoms with E-state index in [9.17, 15) is 0 Å². The first-order valence-electron chi connectivity index (χ1n) is 5.97. The van der Waals surface area contributed by atoms with Gasteiger partial charge in [-0.25, -0.2) is 9.97 Å². The van der Waals surface area contributed by atoms with E-state index in [-0.39, 0.29) is 0 Å². The second kappa shape index (κ2) is 5.69. The molecule has 96 valence electrons. The van der Waals surface area contributed by atoms with Crippen molar-refractivity contribution in [3.8, 4) is 0 Å². The lowest BCUT2D eigenvalue weighted by atomic mass is 10.1. The number of aromatic nitrogens is 2. The normalized spacial score (nSPS) is 11.0. The average molecular weight is 287 g/mol. The van der Waals surface area contributed by atoms with Crippen molar-refractivity contribution >= 4 is 34.0 Å². The molecular weight excluding hydrogens is 274 g/mol. The van der Waals surface area contributed by atoms with Gasteiger partial charge in [-0.05, 0) is 36.5 Å². The van der Waals surface area contributed by atoms with Gasteiger partial charge < -0.3 is 5.32 Å². The molecule has 2 aromatic heterocycles. The molecule has 0 radical (unpaired) electrons. The van der Waals surface area contributed by atoms with Crippen LogP contribution in [0.15, 0.2) is 51.3 Å². The van der Waals surface area contributed by atoms with E-state index in [0.717, 1.165) is 21.4 Å². The van der Waals surface area contributed by atoms with Crippen LogP contribution in [-0.4, -0.2) is 17.0 Å². The van der Waals surface area contributed by atoms with Gasteiger partial charge in [-0.2, -0.15) is 0 Å². The van der Waals surface area contributed by atoms with E-state index in [1.54, 1.807) is 23.1 Å². The van der Waals surface area contributed by atoms with Crippen LogP contribution in [0.1, 0.15) is 5.56 Å². The third-order valence-corrected chi connectivity index (χ3v) is 4.65. The minimum atomic E-state index is 0.811. The van der Waals surface area contributed by atoms with Crippen LogP contribution in [0.2, 0.25) is 0 Å². The first kappa shape index (κ1) is 12.6. The predicted octanol–water partition coefficient (Wildman–Crippen LogP) is 3.56. The Hall–Kier alpha value is -1.43. The summed E-state index contributed by atoms with van der Waals surface area (Å²) in [7, 11) is 1.95. The lowest BCUT2D eigenvalue weighted by Crippen LogP contribution is -2.07. The van der Waals surface area contributed by atoms with E-state index in [2.05, 4.69) is 22.4 Å². The fraction of sp³-hybridized carbons (Fsp3) is 0.143. The van der Waals surface area contributed by atoms with Crippen molar-refractivity contribution in [3.63, 3.8) is 0 Å². The SMILES string of the molecule is CNCc1cc2ccccc2nc1Sc1nccs1. The molecule has 19 heavy (non-hydrogen) atoms. The summed E-state index contributed by atoms with van der Waals surface area (Å²) in [5, 5.41) is 7.39. The highest BCUT2D eigenvalue weighted by atomic mass is 32.2.